The largest absolute Gasteiger partial charge is 0.366 e. The molecule has 2 fully saturated rings. The molecule has 1 amide bonds. The predicted molar refractivity (Wildman–Crippen MR) is 76.5 cm³/mol. The zero-order valence-corrected chi connectivity index (χ0v) is 12.0. The van der Waals surface area contributed by atoms with E-state index in [-0.39, 0.29) is 0 Å². The molecule has 6 heteroatoms. The predicted octanol–water partition coefficient (Wildman–Crippen LogP) is 0.323. The van der Waals surface area contributed by atoms with Gasteiger partial charge in [0.25, 0.3) is 5.91 Å². The second kappa shape index (κ2) is 5.54. The molecule has 0 saturated carbocycles. The number of rotatable bonds is 4. The summed E-state index contributed by atoms with van der Waals surface area (Å²) in [6.45, 7) is 4.41. The summed E-state index contributed by atoms with van der Waals surface area (Å²) in [4.78, 5) is 16.0. The van der Waals surface area contributed by atoms with Crippen LogP contribution in [0.3, 0.4) is 0 Å². The van der Waals surface area contributed by atoms with Crippen LogP contribution in [0.1, 0.15) is 35.7 Å². The maximum atomic E-state index is 11.1. The zero-order chi connectivity index (χ0) is 14.1. The molecule has 6 nitrogen and oxygen atoms in total. The average molecular weight is 277 g/mol. The number of piperidine rings is 1. The Morgan fingerprint density at radius 1 is 1.45 bits per heavy atom. The van der Waals surface area contributed by atoms with Crippen LogP contribution < -0.4 is 5.73 Å². The van der Waals surface area contributed by atoms with Crippen molar-refractivity contribution in [3.8, 4) is 0 Å². The third-order valence-corrected chi connectivity index (χ3v) is 4.59. The Kier molecular flexibility index (Phi) is 3.76. The van der Waals surface area contributed by atoms with Crippen LogP contribution in [0.5, 0.6) is 0 Å². The van der Waals surface area contributed by atoms with E-state index in [1.165, 1.54) is 25.8 Å². The first kappa shape index (κ1) is 13.6. The summed E-state index contributed by atoms with van der Waals surface area (Å²) in [5, 5.41) is 4.23. The summed E-state index contributed by atoms with van der Waals surface area (Å²) in [7, 11) is 2.23. The minimum Gasteiger partial charge on any atom is -0.366 e. The van der Waals surface area contributed by atoms with Crippen molar-refractivity contribution in [2.45, 2.75) is 31.3 Å². The van der Waals surface area contributed by atoms with E-state index in [9.17, 15) is 4.79 Å². The van der Waals surface area contributed by atoms with Gasteiger partial charge in [-0.1, -0.05) is 6.42 Å². The number of nitrogens with zero attached hydrogens (tertiary/aromatic N) is 4. The second-order valence-electron chi connectivity index (χ2n) is 6.08. The molecule has 2 N–H and O–H groups in total. The molecule has 0 spiro atoms. The van der Waals surface area contributed by atoms with Crippen LogP contribution in [0, 0.1) is 0 Å². The number of carbonyl (C=O) groups excluding carboxylic acids is 1. The van der Waals surface area contributed by atoms with Crippen LogP contribution in [-0.4, -0.2) is 64.8 Å². The quantitative estimate of drug-likeness (QED) is 0.861. The van der Waals surface area contributed by atoms with Crippen molar-refractivity contribution < 1.29 is 4.79 Å². The van der Waals surface area contributed by atoms with E-state index in [2.05, 4.69) is 21.9 Å². The van der Waals surface area contributed by atoms with Gasteiger partial charge >= 0.3 is 0 Å². The maximum Gasteiger partial charge on any atom is 0.251 e. The van der Waals surface area contributed by atoms with Crippen LogP contribution in [-0.2, 0) is 0 Å². The Morgan fingerprint density at radius 3 is 2.90 bits per heavy atom. The summed E-state index contributed by atoms with van der Waals surface area (Å²) < 4.78 is 1.88. The maximum absolute atomic E-state index is 11.1. The molecule has 0 bridgehead atoms. The summed E-state index contributed by atoms with van der Waals surface area (Å²) in [6.07, 6.45) is 7.31. The standard InChI is InChI=1S/C14H23N5O/c1-17-5-3-2-4-12(17)8-18-9-13(10-18)19-7-11(6-16-19)14(15)20/h6-7,12-13H,2-5,8-10H2,1H3,(H2,15,20). The van der Waals surface area contributed by atoms with E-state index < -0.39 is 5.91 Å². The molecule has 0 aliphatic carbocycles. The lowest BCUT2D eigenvalue weighted by molar-refractivity contribution is 0.0522. The third-order valence-electron chi connectivity index (χ3n) is 4.59. The molecular formula is C14H23N5O. The van der Waals surface area contributed by atoms with Gasteiger partial charge in [-0.05, 0) is 26.4 Å². The molecule has 3 heterocycles. The van der Waals surface area contributed by atoms with Crippen LogP contribution in [0.15, 0.2) is 12.4 Å². The lowest BCUT2D eigenvalue weighted by Crippen LogP contribution is -2.53. The van der Waals surface area contributed by atoms with Gasteiger partial charge in [0.05, 0.1) is 17.8 Å². The number of nitrogens with two attached hydrogens (primary N) is 1. The van der Waals surface area contributed by atoms with Crippen molar-refractivity contribution in [1.29, 1.82) is 0 Å². The molecule has 110 valence electrons. The smallest absolute Gasteiger partial charge is 0.251 e. The van der Waals surface area contributed by atoms with Crippen molar-refractivity contribution in [1.82, 2.24) is 19.6 Å². The Balaban J connectivity index is 1.49. The van der Waals surface area contributed by atoms with Crippen molar-refractivity contribution in [3.05, 3.63) is 18.0 Å². The highest BCUT2D eigenvalue weighted by atomic mass is 16.1. The summed E-state index contributed by atoms with van der Waals surface area (Å²) in [6, 6.07) is 1.08. The first-order chi connectivity index (χ1) is 9.63. The Morgan fingerprint density at radius 2 is 2.25 bits per heavy atom. The topological polar surface area (TPSA) is 67.4 Å². The molecule has 2 aliphatic heterocycles. The number of aromatic nitrogens is 2. The summed E-state index contributed by atoms with van der Waals surface area (Å²) in [5.74, 6) is -0.406. The third kappa shape index (κ3) is 2.71. The van der Waals surface area contributed by atoms with Gasteiger partial charge in [0.2, 0.25) is 0 Å². The number of carbonyl (C=O) groups is 1. The van der Waals surface area contributed by atoms with E-state index in [4.69, 9.17) is 5.73 Å². The highest BCUT2D eigenvalue weighted by Crippen LogP contribution is 2.24. The minimum atomic E-state index is -0.406. The fraction of sp³-hybridized carbons (Fsp3) is 0.714. The first-order valence-electron chi connectivity index (χ1n) is 7.40. The normalized spacial score (nSPS) is 25.6. The van der Waals surface area contributed by atoms with Gasteiger partial charge in [0.15, 0.2) is 0 Å². The van der Waals surface area contributed by atoms with Gasteiger partial charge in [-0.3, -0.25) is 14.4 Å². The van der Waals surface area contributed by atoms with Gasteiger partial charge in [-0.15, -0.1) is 0 Å². The number of hydrogen-bond acceptors (Lipinski definition) is 4. The minimum absolute atomic E-state index is 0.386. The molecule has 0 radical (unpaired) electrons. The Hall–Kier alpha value is -1.40. The fourth-order valence-electron chi connectivity index (χ4n) is 3.20. The molecular weight excluding hydrogens is 254 g/mol. The monoisotopic (exact) mass is 277 g/mol. The molecule has 2 aliphatic rings. The van der Waals surface area contributed by atoms with Gasteiger partial charge < -0.3 is 10.6 Å². The highest BCUT2D eigenvalue weighted by molar-refractivity contribution is 5.92. The number of likely N-dealkylation sites (N-methyl/N-ethyl adjacent to an activating group) is 1. The van der Waals surface area contributed by atoms with Crippen LogP contribution in [0.2, 0.25) is 0 Å². The molecule has 1 aromatic rings. The second-order valence-corrected chi connectivity index (χ2v) is 6.08. The Bertz CT molecular complexity index is 480. The van der Waals surface area contributed by atoms with Gasteiger partial charge in [-0.2, -0.15) is 5.10 Å². The summed E-state index contributed by atoms with van der Waals surface area (Å²) in [5.41, 5.74) is 5.74. The summed E-state index contributed by atoms with van der Waals surface area (Å²) >= 11 is 0. The zero-order valence-electron chi connectivity index (χ0n) is 12.0. The van der Waals surface area contributed by atoms with Crippen molar-refractivity contribution in [2.24, 2.45) is 5.73 Å². The van der Waals surface area contributed by atoms with Crippen LogP contribution in [0.4, 0.5) is 0 Å². The van der Waals surface area contributed by atoms with Crippen LogP contribution in [0.25, 0.3) is 0 Å². The Labute approximate surface area is 119 Å². The SMILES string of the molecule is CN1CCCCC1CN1CC(n2cc(C(N)=O)cn2)C1. The lowest BCUT2D eigenvalue weighted by atomic mass is 10.00. The molecule has 2 saturated heterocycles. The fourth-order valence-corrected chi connectivity index (χ4v) is 3.20. The number of hydrogen-bond donors (Lipinski definition) is 1. The number of amides is 1. The van der Waals surface area contributed by atoms with E-state index in [1.54, 1.807) is 12.4 Å². The van der Waals surface area contributed by atoms with Crippen molar-refractivity contribution in [3.63, 3.8) is 0 Å². The van der Waals surface area contributed by atoms with Gasteiger partial charge in [-0.25, -0.2) is 0 Å². The van der Waals surface area contributed by atoms with E-state index in [0.29, 0.717) is 17.6 Å². The van der Waals surface area contributed by atoms with Crippen LogP contribution >= 0.6 is 0 Å². The van der Waals surface area contributed by atoms with Gasteiger partial charge in [0.1, 0.15) is 0 Å². The first-order valence-corrected chi connectivity index (χ1v) is 7.40. The van der Waals surface area contributed by atoms with Crippen molar-refractivity contribution >= 4 is 5.91 Å². The van der Waals surface area contributed by atoms with Gasteiger partial charge in [0, 0.05) is 31.9 Å². The number of likely N-dealkylation sites (tertiary alicyclic amines) is 2. The molecule has 1 aromatic heterocycles. The van der Waals surface area contributed by atoms with E-state index in [1.807, 2.05) is 4.68 Å². The molecule has 3 rings (SSSR count). The average Bonchev–Trinajstić information content (AvgIpc) is 2.84. The highest BCUT2D eigenvalue weighted by Gasteiger charge is 2.32. The van der Waals surface area contributed by atoms with E-state index >= 15 is 0 Å². The molecule has 1 unspecified atom stereocenters. The number of primary amides is 1. The molecule has 1 atom stereocenters. The molecule has 0 aromatic carbocycles. The lowest BCUT2D eigenvalue weighted by Gasteiger charge is -2.43. The molecule has 20 heavy (non-hydrogen) atoms. The van der Waals surface area contributed by atoms with Crippen molar-refractivity contribution in [2.75, 3.05) is 33.2 Å². The van der Waals surface area contributed by atoms with E-state index in [0.717, 1.165) is 19.6 Å².